The van der Waals surface area contributed by atoms with Crippen molar-refractivity contribution in [2.45, 2.75) is 89.5 Å². The van der Waals surface area contributed by atoms with Crippen molar-refractivity contribution in [2.24, 2.45) is 11.5 Å². The number of carboxylic acid groups (broad SMARTS) is 1. The Labute approximate surface area is 218 Å². The second-order valence-corrected chi connectivity index (χ2v) is 9.82. The van der Waals surface area contributed by atoms with Crippen LogP contribution in [0.3, 0.4) is 0 Å². The van der Waals surface area contributed by atoms with Crippen LogP contribution in [-0.4, -0.2) is 71.9 Å². The van der Waals surface area contributed by atoms with Crippen LogP contribution in [0.15, 0.2) is 0 Å². The quantitative estimate of drug-likeness (QED) is 0.0994. The van der Waals surface area contributed by atoms with Gasteiger partial charge in [-0.3, -0.25) is 24.0 Å². The molecule has 0 aliphatic carbocycles. The fraction of sp³-hybridized carbons (Fsp3) is 0.792. The highest BCUT2D eigenvalue weighted by atomic mass is 32.2. The lowest BCUT2D eigenvalue weighted by Gasteiger charge is -2.18. The first kappa shape index (κ1) is 33.7. The summed E-state index contributed by atoms with van der Waals surface area (Å²) >= 11 is 1.25. The van der Waals surface area contributed by atoms with Crippen molar-refractivity contribution < 1.29 is 29.1 Å². The van der Waals surface area contributed by atoms with E-state index in [0.29, 0.717) is 31.7 Å². The number of nitrogens with one attached hydrogen (secondary N) is 3. The zero-order chi connectivity index (χ0) is 27.0. The Bertz CT molecular complexity index is 665. The minimum atomic E-state index is -0.732. The van der Waals surface area contributed by atoms with E-state index in [2.05, 4.69) is 16.0 Å². The van der Waals surface area contributed by atoms with Gasteiger partial charge >= 0.3 is 5.97 Å². The van der Waals surface area contributed by atoms with E-state index in [-0.39, 0.29) is 37.0 Å². The van der Waals surface area contributed by atoms with Gasteiger partial charge in [-0.2, -0.15) is 11.8 Å². The van der Waals surface area contributed by atoms with Gasteiger partial charge in [-0.1, -0.05) is 44.9 Å². The molecular weight excluding hydrogens is 486 g/mol. The van der Waals surface area contributed by atoms with Crippen LogP contribution in [0.25, 0.3) is 0 Å². The maximum absolute atomic E-state index is 12.5. The molecule has 0 bridgehead atoms. The molecule has 208 valence electrons. The summed E-state index contributed by atoms with van der Waals surface area (Å²) in [5, 5.41) is 16.6. The monoisotopic (exact) mass is 531 g/mol. The number of aliphatic carboxylic acids is 1. The van der Waals surface area contributed by atoms with E-state index in [0.717, 1.165) is 57.8 Å². The number of carbonyl (C=O) groups excluding carboxylic acids is 4. The highest BCUT2D eigenvalue weighted by Crippen LogP contribution is 2.10. The Hall–Kier alpha value is -2.34. The molecule has 0 aromatic heterocycles. The zero-order valence-electron chi connectivity index (χ0n) is 21.4. The maximum atomic E-state index is 12.5. The SMILES string of the molecule is NCCC[C@H](NC(=O)CNC(=O)CCSCC(N)=O)C(=O)NCCCCCCCCCCCC(=O)O. The Kier molecular flexibility index (Phi) is 21.6. The summed E-state index contributed by atoms with van der Waals surface area (Å²) in [4.78, 5) is 57.7. The van der Waals surface area contributed by atoms with Gasteiger partial charge in [-0.05, 0) is 32.2 Å². The molecule has 0 spiro atoms. The van der Waals surface area contributed by atoms with E-state index >= 15 is 0 Å². The fourth-order valence-electron chi connectivity index (χ4n) is 3.41. The summed E-state index contributed by atoms with van der Waals surface area (Å²) in [6.07, 6.45) is 10.5. The Morgan fingerprint density at radius 2 is 1.39 bits per heavy atom. The fourth-order valence-corrected chi connectivity index (χ4v) is 4.09. The number of thioether (sulfide) groups is 1. The van der Waals surface area contributed by atoms with E-state index in [9.17, 15) is 24.0 Å². The molecule has 4 amide bonds. The molecule has 0 saturated carbocycles. The molecule has 0 unspecified atom stereocenters. The van der Waals surface area contributed by atoms with Gasteiger partial charge in [0.1, 0.15) is 6.04 Å². The third-order valence-corrected chi connectivity index (χ3v) is 6.36. The van der Waals surface area contributed by atoms with Crippen molar-refractivity contribution in [1.29, 1.82) is 0 Å². The van der Waals surface area contributed by atoms with Crippen molar-refractivity contribution >= 4 is 41.4 Å². The number of hydrogen-bond acceptors (Lipinski definition) is 7. The molecule has 0 aliphatic rings. The summed E-state index contributed by atoms with van der Waals surface area (Å²) in [7, 11) is 0. The molecule has 0 aliphatic heterocycles. The molecule has 0 rings (SSSR count). The van der Waals surface area contributed by atoms with Crippen molar-refractivity contribution in [3.63, 3.8) is 0 Å². The van der Waals surface area contributed by atoms with E-state index in [1.54, 1.807) is 0 Å². The lowest BCUT2D eigenvalue weighted by Crippen LogP contribution is -2.49. The summed E-state index contributed by atoms with van der Waals surface area (Å²) in [6, 6.07) is -0.704. The molecule has 0 heterocycles. The number of unbranched alkanes of at least 4 members (excludes halogenated alkanes) is 8. The lowest BCUT2D eigenvalue weighted by atomic mass is 10.1. The average Bonchev–Trinajstić information content (AvgIpc) is 2.83. The summed E-state index contributed by atoms with van der Waals surface area (Å²) in [5.74, 6) is -1.64. The van der Waals surface area contributed by atoms with Crippen LogP contribution >= 0.6 is 11.8 Å². The van der Waals surface area contributed by atoms with Crippen LogP contribution in [0, 0.1) is 0 Å². The Morgan fingerprint density at radius 1 is 0.778 bits per heavy atom. The number of nitrogens with two attached hydrogens (primary N) is 2. The summed E-state index contributed by atoms with van der Waals surface area (Å²) < 4.78 is 0. The molecule has 0 saturated heterocycles. The van der Waals surface area contributed by atoms with Gasteiger partial charge in [-0.15, -0.1) is 0 Å². The van der Waals surface area contributed by atoms with Crippen LogP contribution in [0.2, 0.25) is 0 Å². The topological polar surface area (TPSA) is 194 Å². The molecule has 0 aromatic carbocycles. The van der Waals surface area contributed by atoms with Crippen LogP contribution in [0.1, 0.15) is 83.5 Å². The first-order valence-corrected chi connectivity index (χ1v) is 14.0. The zero-order valence-corrected chi connectivity index (χ0v) is 22.2. The van der Waals surface area contributed by atoms with Crippen LogP contribution in [-0.2, 0) is 24.0 Å². The molecule has 36 heavy (non-hydrogen) atoms. The Balaban J connectivity index is 4.00. The van der Waals surface area contributed by atoms with Gasteiger partial charge in [0.25, 0.3) is 0 Å². The molecule has 8 N–H and O–H groups in total. The number of amides is 4. The standard InChI is InChI=1S/C24H45N5O6S/c25-14-10-11-19(29-22(32)17-28-21(31)13-16-36-18-20(26)30)24(35)27-15-9-7-5-3-1-2-4-6-8-12-23(33)34/h19H,1-18,25H2,(H2,26,30)(H,27,35)(H,28,31)(H,29,32)(H,33,34)/t19-/m0/s1. The highest BCUT2D eigenvalue weighted by Gasteiger charge is 2.20. The van der Waals surface area contributed by atoms with Gasteiger partial charge in [0.2, 0.25) is 23.6 Å². The summed E-state index contributed by atoms with van der Waals surface area (Å²) in [6.45, 7) is 0.701. The third kappa shape index (κ3) is 22.1. The second kappa shape index (κ2) is 23.1. The lowest BCUT2D eigenvalue weighted by molar-refractivity contribution is -0.137. The van der Waals surface area contributed by atoms with Crippen LogP contribution < -0.4 is 27.4 Å². The summed E-state index contributed by atoms with van der Waals surface area (Å²) in [5.41, 5.74) is 10.6. The van der Waals surface area contributed by atoms with Crippen molar-refractivity contribution in [1.82, 2.24) is 16.0 Å². The van der Waals surface area contributed by atoms with Crippen molar-refractivity contribution in [3.05, 3.63) is 0 Å². The highest BCUT2D eigenvalue weighted by molar-refractivity contribution is 7.99. The van der Waals surface area contributed by atoms with Gasteiger partial charge in [0.15, 0.2) is 0 Å². The third-order valence-electron chi connectivity index (χ3n) is 5.38. The smallest absolute Gasteiger partial charge is 0.303 e. The minimum Gasteiger partial charge on any atom is -0.481 e. The maximum Gasteiger partial charge on any atom is 0.303 e. The minimum absolute atomic E-state index is 0.142. The van der Waals surface area contributed by atoms with Gasteiger partial charge < -0.3 is 32.5 Å². The molecule has 0 aromatic rings. The number of primary amides is 1. The Morgan fingerprint density at radius 3 is 1.97 bits per heavy atom. The van der Waals surface area contributed by atoms with Crippen molar-refractivity contribution in [2.75, 3.05) is 31.1 Å². The average molecular weight is 532 g/mol. The molecule has 12 heteroatoms. The van der Waals surface area contributed by atoms with Gasteiger partial charge in [0.05, 0.1) is 12.3 Å². The van der Waals surface area contributed by atoms with Crippen molar-refractivity contribution in [3.8, 4) is 0 Å². The first-order chi connectivity index (χ1) is 17.3. The first-order valence-electron chi connectivity index (χ1n) is 12.9. The second-order valence-electron chi connectivity index (χ2n) is 8.71. The molecular formula is C24H45N5O6S. The van der Waals surface area contributed by atoms with Crippen LogP contribution in [0.5, 0.6) is 0 Å². The largest absolute Gasteiger partial charge is 0.481 e. The predicted octanol–water partition coefficient (Wildman–Crippen LogP) is 1.04. The van der Waals surface area contributed by atoms with E-state index in [1.807, 2.05) is 0 Å². The van der Waals surface area contributed by atoms with E-state index in [1.165, 1.54) is 11.8 Å². The number of carbonyl (C=O) groups is 5. The number of carboxylic acids is 1. The molecule has 0 fully saturated rings. The normalized spacial score (nSPS) is 11.5. The molecule has 11 nitrogen and oxygen atoms in total. The molecule has 0 radical (unpaired) electrons. The van der Waals surface area contributed by atoms with E-state index in [4.69, 9.17) is 16.6 Å². The number of rotatable bonds is 24. The van der Waals surface area contributed by atoms with Crippen LogP contribution in [0.4, 0.5) is 0 Å². The van der Waals surface area contributed by atoms with Gasteiger partial charge in [-0.25, -0.2) is 0 Å². The predicted molar refractivity (Wildman–Crippen MR) is 141 cm³/mol. The van der Waals surface area contributed by atoms with E-state index < -0.39 is 23.8 Å². The van der Waals surface area contributed by atoms with Gasteiger partial charge in [0, 0.05) is 25.1 Å². The number of hydrogen-bond donors (Lipinski definition) is 6. The molecule has 1 atom stereocenters.